The molecule has 1 aromatic rings. The predicted octanol–water partition coefficient (Wildman–Crippen LogP) is 2.28. The predicted molar refractivity (Wildman–Crippen MR) is 75.3 cm³/mol. The molecule has 0 aromatic carbocycles. The van der Waals surface area contributed by atoms with Crippen molar-refractivity contribution in [3.8, 4) is 0 Å². The molecule has 2 unspecified atom stereocenters. The summed E-state index contributed by atoms with van der Waals surface area (Å²) in [5.74, 6) is 2.45. The molecule has 1 aliphatic heterocycles. The van der Waals surface area contributed by atoms with E-state index in [0.29, 0.717) is 12.1 Å². The van der Waals surface area contributed by atoms with E-state index in [2.05, 4.69) is 27.5 Å². The summed E-state index contributed by atoms with van der Waals surface area (Å²) in [6.45, 7) is 3.92. The first-order valence-electron chi connectivity index (χ1n) is 7.31. The van der Waals surface area contributed by atoms with Crippen molar-refractivity contribution in [2.45, 2.75) is 44.8 Å². The highest BCUT2D eigenvalue weighted by Crippen LogP contribution is 2.39. The third kappa shape index (κ3) is 3.15. The minimum Gasteiger partial charge on any atom is -0.376 e. The van der Waals surface area contributed by atoms with Gasteiger partial charge in [0.2, 0.25) is 0 Å². The molecule has 2 heterocycles. The molecule has 104 valence electrons. The molecule has 1 saturated heterocycles. The van der Waals surface area contributed by atoms with Crippen molar-refractivity contribution >= 4 is 11.6 Å². The zero-order valence-electron chi connectivity index (χ0n) is 11.4. The number of hydrogen-bond donors (Lipinski definition) is 2. The van der Waals surface area contributed by atoms with Crippen LogP contribution in [-0.4, -0.2) is 35.3 Å². The number of nitrogens with zero attached hydrogens (tertiary/aromatic N) is 2. The molecule has 0 radical (unpaired) electrons. The van der Waals surface area contributed by atoms with Crippen molar-refractivity contribution in [2.75, 3.05) is 23.8 Å². The molecule has 5 heteroatoms. The second kappa shape index (κ2) is 5.74. The van der Waals surface area contributed by atoms with Crippen molar-refractivity contribution in [1.29, 1.82) is 0 Å². The number of ether oxygens (including phenoxy) is 1. The standard InChI is InChI=1S/C14H22N4O/c1-2-6-16-12-8-15-9-13(18-12)17-11-5-7-19-14(11)10-3-4-10/h8-11,14H,2-7H2,1H3,(H2,16,17,18). The van der Waals surface area contributed by atoms with Gasteiger partial charge in [0.05, 0.1) is 24.5 Å². The molecule has 0 bridgehead atoms. The number of rotatable bonds is 6. The van der Waals surface area contributed by atoms with E-state index in [9.17, 15) is 0 Å². The molecule has 3 rings (SSSR count). The monoisotopic (exact) mass is 262 g/mol. The highest BCUT2D eigenvalue weighted by molar-refractivity contribution is 5.42. The van der Waals surface area contributed by atoms with Crippen molar-refractivity contribution in [3.05, 3.63) is 12.4 Å². The molecule has 0 amide bonds. The summed E-state index contributed by atoms with van der Waals surface area (Å²) in [5, 5.41) is 6.75. The summed E-state index contributed by atoms with van der Waals surface area (Å²) in [6, 6.07) is 0.392. The van der Waals surface area contributed by atoms with E-state index >= 15 is 0 Å². The third-order valence-corrected chi connectivity index (χ3v) is 3.75. The summed E-state index contributed by atoms with van der Waals surface area (Å²) in [4.78, 5) is 8.78. The summed E-state index contributed by atoms with van der Waals surface area (Å²) in [5.41, 5.74) is 0. The molecule has 1 aliphatic carbocycles. The highest BCUT2D eigenvalue weighted by atomic mass is 16.5. The zero-order valence-corrected chi connectivity index (χ0v) is 11.4. The van der Waals surface area contributed by atoms with Crippen LogP contribution in [0.3, 0.4) is 0 Å². The van der Waals surface area contributed by atoms with E-state index in [1.807, 2.05) is 0 Å². The molecule has 2 aliphatic rings. The van der Waals surface area contributed by atoms with Gasteiger partial charge >= 0.3 is 0 Å². The van der Waals surface area contributed by atoms with E-state index in [1.165, 1.54) is 12.8 Å². The molecule has 2 fully saturated rings. The highest BCUT2D eigenvalue weighted by Gasteiger charge is 2.40. The third-order valence-electron chi connectivity index (χ3n) is 3.75. The van der Waals surface area contributed by atoms with Crippen molar-refractivity contribution in [3.63, 3.8) is 0 Å². The quantitative estimate of drug-likeness (QED) is 0.823. The fraction of sp³-hybridized carbons (Fsp3) is 0.714. The second-order valence-electron chi connectivity index (χ2n) is 5.43. The lowest BCUT2D eigenvalue weighted by Gasteiger charge is -2.20. The van der Waals surface area contributed by atoms with Crippen molar-refractivity contribution in [1.82, 2.24) is 9.97 Å². The minimum atomic E-state index is 0.369. The largest absolute Gasteiger partial charge is 0.376 e. The van der Waals surface area contributed by atoms with Crippen LogP contribution >= 0.6 is 0 Å². The molecular formula is C14H22N4O. The van der Waals surface area contributed by atoms with Gasteiger partial charge in [-0.25, -0.2) is 4.98 Å². The Kier molecular flexibility index (Phi) is 3.82. The Balaban J connectivity index is 1.62. The molecule has 2 N–H and O–H groups in total. The van der Waals surface area contributed by atoms with Crippen molar-refractivity contribution < 1.29 is 4.74 Å². The van der Waals surface area contributed by atoms with Gasteiger partial charge in [0.1, 0.15) is 11.6 Å². The molecule has 5 nitrogen and oxygen atoms in total. The lowest BCUT2D eigenvalue weighted by atomic mass is 10.1. The number of hydrogen-bond acceptors (Lipinski definition) is 5. The van der Waals surface area contributed by atoms with Crippen LogP contribution in [-0.2, 0) is 4.74 Å². The Hall–Kier alpha value is -1.36. The first kappa shape index (κ1) is 12.7. The summed E-state index contributed by atoms with van der Waals surface area (Å²) in [6.07, 6.45) is 8.70. The second-order valence-corrected chi connectivity index (χ2v) is 5.43. The maximum absolute atomic E-state index is 5.83. The summed E-state index contributed by atoms with van der Waals surface area (Å²) in [7, 11) is 0. The average Bonchev–Trinajstić information content (AvgIpc) is 3.18. The van der Waals surface area contributed by atoms with Crippen LogP contribution in [0.4, 0.5) is 11.6 Å². The van der Waals surface area contributed by atoms with Gasteiger partial charge in [-0.1, -0.05) is 6.92 Å². The maximum atomic E-state index is 5.83. The number of anilines is 2. The zero-order chi connectivity index (χ0) is 13.1. The fourth-order valence-electron chi connectivity index (χ4n) is 2.62. The molecule has 1 aromatic heterocycles. The Bertz CT molecular complexity index is 422. The van der Waals surface area contributed by atoms with Crippen LogP contribution in [0.25, 0.3) is 0 Å². The Morgan fingerprint density at radius 2 is 2.11 bits per heavy atom. The van der Waals surface area contributed by atoms with Crippen LogP contribution in [0.5, 0.6) is 0 Å². The maximum Gasteiger partial charge on any atom is 0.147 e. The number of nitrogens with one attached hydrogen (secondary N) is 2. The van der Waals surface area contributed by atoms with Gasteiger partial charge in [0.15, 0.2) is 0 Å². The Labute approximate surface area is 114 Å². The van der Waals surface area contributed by atoms with Gasteiger partial charge in [0, 0.05) is 13.2 Å². The average molecular weight is 262 g/mol. The lowest BCUT2D eigenvalue weighted by Crippen LogP contribution is -2.31. The van der Waals surface area contributed by atoms with Gasteiger partial charge in [0.25, 0.3) is 0 Å². The minimum absolute atomic E-state index is 0.369. The van der Waals surface area contributed by atoms with E-state index in [1.54, 1.807) is 12.4 Å². The van der Waals surface area contributed by atoms with E-state index < -0.39 is 0 Å². The molecule has 1 saturated carbocycles. The van der Waals surface area contributed by atoms with Crippen LogP contribution in [0.1, 0.15) is 32.6 Å². The van der Waals surface area contributed by atoms with E-state index in [4.69, 9.17) is 4.74 Å². The molecule has 2 atom stereocenters. The van der Waals surface area contributed by atoms with E-state index in [0.717, 1.165) is 43.5 Å². The van der Waals surface area contributed by atoms with Gasteiger partial charge in [-0.3, -0.25) is 4.98 Å². The Morgan fingerprint density at radius 1 is 1.26 bits per heavy atom. The first-order valence-corrected chi connectivity index (χ1v) is 7.31. The normalized spacial score (nSPS) is 26.4. The summed E-state index contributed by atoms with van der Waals surface area (Å²) >= 11 is 0. The van der Waals surface area contributed by atoms with Gasteiger partial charge in [-0.05, 0) is 31.6 Å². The molecule has 0 spiro atoms. The lowest BCUT2D eigenvalue weighted by molar-refractivity contribution is 0.0898. The summed E-state index contributed by atoms with van der Waals surface area (Å²) < 4.78 is 5.83. The van der Waals surface area contributed by atoms with Crippen molar-refractivity contribution in [2.24, 2.45) is 5.92 Å². The fourth-order valence-corrected chi connectivity index (χ4v) is 2.62. The van der Waals surface area contributed by atoms with Gasteiger partial charge in [-0.2, -0.15) is 0 Å². The first-order chi connectivity index (χ1) is 9.36. The van der Waals surface area contributed by atoms with Crippen LogP contribution < -0.4 is 10.6 Å². The van der Waals surface area contributed by atoms with Crippen LogP contribution in [0.2, 0.25) is 0 Å². The van der Waals surface area contributed by atoms with Crippen LogP contribution in [0, 0.1) is 5.92 Å². The molecule has 19 heavy (non-hydrogen) atoms. The van der Waals surface area contributed by atoms with Gasteiger partial charge in [-0.15, -0.1) is 0 Å². The number of aromatic nitrogens is 2. The van der Waals surface area contributed by atoms with Crippen LogP contribution in [0.15, 0.2) is 12.4 Å². The topological polar surface area (TPSA) is 59.1 Å². The molecular weight excluding hydrogens is 240 g/mol. The Morgan fingerprint density at radius 3 is 2.89 bits per heavy atom. The smallest absolute Gasteiger partial charge is 0.147 e. The SMILES string of the molecule is CCCNc1cncc(NC2CCOC2C2CC2)n1. The van der Waals surface area contributed by atoms with Gasteiger partial charge < -0.3 is 15.4 Å². The van der Waals surface area contributed by atoms with E-state index in [-0.39, 0.29) is 0 Å².